The zero-order chi connectivity index (χ0) is 23.8. The normalized spacial score (nSPS) is 13.9. The van der Waals surface area contributed by atoms with Gasteiger partial charge < -0.3 is 10.2 Å². The molecule has 2 heterocycles. The van der Waals surface area contributed by atoms with Crippen LogP contribution in [0.4, 0.5) is 25.8 Å². The van der Waals surface area contributed by atoms with Gasteiger partial charge in [0.2, 0.25) is 0 Å². The van der Waals surface area contributed by atoms with Crippen LogP contribution in [0.15, 0.2) is 46.7 Å². The molecule has 1 aliphatic rings. The summed E-state index contributed by atoms with van der Waals surface area (Å²) in [7, 11) is -4.01. The predicted octanol–water partition coefficient (Wildman–Crippen LogP) is 5.30. The molecule has 174 valence electrons. The summed E-state index contributed by atoms with van der Waals surface area (Å²) in [6.07, 6.45) is 1.97. The summed E-state index contributed by atoms with van der Waals surface area (Å²) in [6, 6.07) is 7.29. The van der Waals surface area contributed by atoms with E-state index < -0.39 is 21.7 Å². The molecule has 0 atom stereocenters. The standard InChI is InChI=1S/C23H23F2N3O3S2/c1-14-13-18(25)21(28-10-3-4-11-28)15(2)20(14)26-23(29)22-19(9-12-32-22)27-33(30,31)17-7-5-16(24)6-8-17/h5-9,12-13,27H,3-4,10-11H2,1-2H3,(H,26,29). The Morgan fingerprint density at radius 3 is 2.39 bits per heavy atom. The van der Waals surface area contributed by atoms with Gasteiger partial charge in [-0.3, -0.25) is 9.52 Å². The van der Waals surface area contributed by atoms with Crippen molar-refractivity contribution in [1.82, 2.24) is 0 Å². The number of nitrogens with zero attached hydrogens (tertiary/aromatic N) is 1. The van der Waals surface area contributed by atoms with Crippen molar-refractivity contribution in [3.8, 4) is 0 Å². The Bertz CT molecular complexity index is 1300. The molecule has 4 rings (SSSR count). The number of amides is 1. The van der Waals surface area contributed by atoms with E-state index in [0.717, 1.165) is 61.5 Å². The number of carbonyl (C=O) groups excluding carboxylic acids is 1. The van der Waals surface area contributed by atoms with Gasteiger partial charge in [-0.05, 0) is 79.6 Å². The second kappa shape index (κ2) is 9.11. The molecule has 1 amide bonds. The van der Waals surface area contributed by atoms with Crippen molar-refractivity contribution in [2.45, 2.75) is 31.6 Å². The quantitative estimate of drug-likeness (QED) is 0.491. The van der Waals surface area contributed by atoms with E-state index in [1.165, 1.54) is 12.1 Å². The number of anilines is 3. The molecule has 6 nitrogen and oxygen atoms in total. The lowest BCUT2D eigenvalue weighted by Crippen LogP contribution is -2.22. The van der Waals surface area contributed by atoms with Crippen molar-refractivity contribution in [2.24, 2.45) is 0 Å². The fourth-order valence-electron chi connectivity index (χ4n) is 4.00. The minimum Gasteiger partial charge on any atom is -0.369 e. The summed E-state index contributed by atoms with van der Waals surface area (Å²) < 4.78 is 55.6. The van der Waals surface area contributed by atoms with Crippen LogP contribution in [0.3, 0.4) is 0 Å². The van der Waals surface area contributed by atoms with Crippen LogP contribution in [0.25, 0.3) is 0 Å². The van der Waals surface area contributed by atoms with Crippen molar-refractivity contribution < 1.29 is 22.0 Å². The Morgan fingerprint density at radius 2 is 1.73 bits per heavy atom. The van der Waals surface area contributed by atoms with E-state index in [4.69, 9.17) is 0 Å². The van der Waals surface area contributed by atoms with Gasteiger partial charge in [0.1, 0.15) is 16.5 Å². The Hall–Kier alpha value is -2.98. The Balaban J connectivity index is 1.60. The highest BCUT2D eigenvalue weighted by atomic mass is 32.2. The van der Waals surface area contributed by atoms with Crippen molar-refractivity contribution in [3.05, 3.63) is 69.4 Å². The molecule has 1 aromatic heterocycles. The predicted molar refractivity (Wildman–Crippen MR) is 127 cm³/mol. The molecule has 0 aliphatic carbocycles. The average Bonchev–Trinajstić information content (AvgIpc) is 3.43. The third kappa shape index (κ3) is 4.72. The van der Waals surface area contributed by atoms with Crippen molar-refractivity contribution in [1.29, 1.82) is 0 Å². The van der Waals surface area contributed by atoms with E-state index >= 15 is 0 Å². The molecule has 0 unspecified atom stereocenters. The van der Waals surface area contributed by atoms with Crippen LogP contribution in [0, 0.1) is 25.5 Å². The molecule has 0 spiro atoms. The second-order valence-corrected chi connectivity index (χ2v) is 10.5. The van der Waals surface area contributed by atoms with Crippen LogP contribution in [0.1, 0.15) is 33.6 Å². The lowest BCUT2D eigenvalue weighted by Gasteiger charge is -2.24. The first-order valence-corrected chi connectivity index (χ1v) is 12.8. The van der Waals surface area contributed by atoms with Crippen LogP contribution in [-0.2, 0) is 10.0 Å². The fraction of sp³-hybridized carbons (Fsp3) is 0.261. The Kier molecular flexibility index (Phi) is 6.40. The molecular formula is C23H23F2N3O3S2. The van der Waals surface area contributed by atoms with E-state index in [1.54, 1.807) is 19.2 Å². The number of hydrogen-bond acceptors (Lipinski definition) is 5. The minimum atomic E-state index is -4.01. The van der Waals surface area contributed by atoms with Gasteiger partial charge in [-0.2, -0.15) is 0 Å². The first kappa shape index (κ1) is 23.2. The number of halogens is 2. The summed E-state index contributed by atoms with van der Waals surface area (Å²) in [6.45, 7) is 5.00. The van der Waals surface area contributed by atoms with Gasteiger partial charge in [0.15, 0.2) is 0 Å². The third-order valence-electron chi connectivity index (χ3n) is 5.59. The third-order valence-corrected chi connectivity index (χ3v) is 7.89. The summed E-state index contributed by atoms with van der Waals surface area (Å²) in [5.41, 5.74) is 2.30. The fourth-order valence-corrected chi connectivity index (χ4v) is 5.88. The van der Waals surface area contributed by atoms with E-state index in [2.05, 4.69) is 10.0 Å². The monoisotopic (exact) mass is 491 g/mol. The van der Waals surface area contributed by atoms with Crippen molar-refractivity contribution in [3.63, 3.8) is 0 Å². The summed E-state index contributed by atoms with van der Waals surface area (Å²) in [5.74, 6) is -1.39. The largest absolute Gasteiger partial charge is 0.369 e. The topological polar surface area (TPSA) is 78.5 Å². The maximum Gasteiger partial charge on any atom is 0.267 e. The number of aryl methyl sites for hydroxylation is 1. The summed E-state index contributed by atoms with van der Waals surface area (Å²) in [5, 5.41) is 4.43. The molecule has 2 aromatic carbocycles. The number of benzene rings is 2. The van der Waals surface area contributed by atoms with E-state index in [1.807, 2.05) is 4.90 Å². The number of sulfonamides is 1. The number of nitrogens with one attached hydrogen (secondary N) is 2. The number of hydrogen-bond donors (Lipinski definition) is 2. The highest BCUT2D eigenvalue weighted by molar-refractivity contribution is 7.92. The van der Waals surface area contributed by atoms with Gasteiger partial charge in [0, 0.05) is 18.8 Å². The maximum atomic E-state index is 14.7. The first-order valence-electron chi connectivity index (χ1n) is 10.4. The van der Waals surface area contributed by atoms with E-state index in [-0.39, 0.29) is 21.3 Å². The second-order valence-electron chi connectivity index (χ2n) is 7.89. The first-order chi connectivity index (χ1) is 15.7. The van der Waals surface area contributed by atoms with Gasteiger partial charge in [-0.25, -0.2) is 17.2 Å². The van der Waals surface area contributed by atoms with Crippen LogP contribution in [-0.4, -0.2) is 27.4 Å². The number of carbonyl (C=O) groups is 1. The molecule has 1 fully saturated rings. The molecule has 3 aromatic rings. The molecular weight excluding hydrogens is 468 g/mol. The molecule has 2 N–H and O–H groups in total. The zero-order valence-corrected chi connectivity index (χ0v) is 19.7. The summed E-state index contributed by atoms with van der Waals surface area (Å²) in [4.78, 5) is 15.1. The molecule has 0 radical (unpaired) electrons. The van der Waals surface area contributed by atoms with Crippen LogP contribution in [0.5, 0.6) is 0 Å². The van der Waals surface area contributed by atoms with Gasteiger partial charge in [-0.15, -0.1) is 11.3 Å². The molecule has 0 bridgehead atoms. The Labute approximate surface area is 195 Å². The number of thiophene rings is 1. The highest BCUT2D eigenvalue weighted by Gasteiger charge is 2.24. The molecule has 1 saturated heterocycles. The van der Waals surface area contributed by atoms with Gasteiger partial charge in [-0.1, -0.05) is 0 Å². The van der Waals surface area contributed by atoms with Crippen LogP contribution < -0.4 is 14.9 Å². The smallest absolute Gasteiger partial charge is 0.267 e. The summed E-state index contributed by atoms with van der Waals surface area (Å²) >= 11 is 1.08. The van der Waals surface area contributed by atoms with Gasteiger partial charge in [0.25, 0.3) is 15.9 Å². The Morgan fingerprint density at radius 1 is 1.06 bits per heavy atom. The molecule has 1 aliphatic heterocycles. The van der Waals surface area contributed by atoms with Crippen LogP contribution >= 0.6 is 11.3 Å². The van der Waals surface area contributed by atoms with Crippen molar-refractivity contribution >= 4 is 44.3 Å². The minimum absolute atomic E-state index is 0.110. The SMILES string of the molecule is Cc1cc(F)c(N2CCCC2)c(C)c1NC(=O)c1sccc1NS(=O)(=O)c1ccc(F)cc1. The van der Waals surface area contributed by atoms with E-state index in [9.17, 15) is 22.0 Å². The van der Waals surface area contributed by atoms with E-state index in [0.29, 0.717) is 22.5 Å². The van der Waals surface area contributed by atoms with Gasteiger partial charge >= 0.3 is 0 Å². The molecule has 33 heavy (non-hydrogen) atoms. The molecule has 10 heteroatoms. The lowest BCUT2D eigenvalue weighted by molar-refractivity contribution is 0.103. The highest BCUT2D eigenvalue weighted by Crippen LogP contribution is 2.36. The van der Waals surface area contributed by atoms with Crippen molar-refractivity contribution in [2.75, 3.05) is 28.0 Å². The number of rotatable bonds is 6. The zero-order valence-electron chi connectivity index (χ0n) is 18.1. The van der Waals surface area contributed by atoms with Crippen LogP contribution in [0.2, 0.25) is 0 Å². The average molecular weight is 492 g/mol. The lowest BCUT2D eigenvalue weighted by atomic mass is 10.0. The molecule has 0 saturated carbocycles. The van der Waals surface area contributed by atoms with Gasteiger partial charge in [0.05, 0.1) is 16.3 Å². The maximum absolute atomic E-state index is 14.7.